The van der Waals surface area contributed by atoms with Gasteiger partial charge in [-0.1, -0.05) is 19.9 Å². The number of nitrogens with zero attached hydrogens (tertiary/aromatic N) is 2. The maximum absolute atomic E-state index is 11.6. The van der Waals surface area contributed by atoms with Crippen molar-refractivity contribution in [3.63, 3.8) is 0 Å². The minimum atomic E-state index is -0.707. The molecular formula is C14H20N2O5. The number of anilines is 1. The monoisotopic (exact) mass is 296 g/mol. The van der Waals surface area contributed by atoms with Gasteiger partial charge in [0.15, 0.2) is 0 Å². The minimum absolute atomic E-state index is 0.0310. The molecule has 0 aliphatic carbocycles. The van der Waals surface area contributed by atoms with Gasteiger partial charge in [0.25, 0.3) is 0 Å². The van der Waals surface area contributed by atoms with E-state index in [1.54, 1.807) is 12.1 Å². The molecule has 0 amide bonds. The number of hydrogen-bond acceptors (Lipinski definition) is 6. The molecule has 1 heterocycles. The lowest BCUT2D eigenvalue weighted by Crippen LogP contribution is -2.36. The van der Waals surface area contributed by atoms with Crippen LogP contribution in [0.15, 0.2) is 18.2 Å². The van der Waals surface area contributed by atoms with Gasteiger partial charge in [-0.3, -0.25) is 10.1 Å². The highest BCUT2D eigenvalue weighted by Gasteiger charge is 2.28. The van der Waals surface area contributed by atoms with Crippen LogP contribution >= 0.6 is 0 Å². The molecule has 0 N–H and O–H groups in total. The van der Waals surface area contributed by atoms with Gasteiger partial charge in [0, 0.05) is 13.1 Å². The molecule has 2 rings (SSSR count). The molecule has 1 aromatic carbocycles. The van der Waals surface area contributed by atoms with Gasteiger partial charge in [-0.25, -0.2) is 4.79 Å². The molecule has 1 aromatic rings. The van der Waals surface area contributed by atoms with Crippen molar-refractivity contribution in [2.75, 3.05) is 38.3 Å². The smallest absolute Gasteiger partial charge is 0.344 e. The summed E-state index contributed by atoms with van der Waals surface area (Å²) in [5, 5.41) is 11.2. The second-order valence-electron chi connectivity index (χ2n) is 4.02. The van der Waals surface area contributed by atoms with Crippen molar-refractivity contribution in [2.24, 2.45) is 0 Å². The summed E-state index contributed by atoms with van der Waals surface area (Å²) in [5.74, 6) is -0.707. The number of rotatable bonds is 3. The first-order valence-corrected chi connectivity index (χ1v) is 6.83. The second-order valence-corrected chi connectivity index (χ2v) is 4.02. The van der Waals surface area contributed by atoms with E-state index in [4.69, 9.17) is 4.74 Å². The molecule has 0 saturated carbocycles. The minimum Gasteiger partial charge on any atom is -0.465 e. The summed E-state index contributed by atoms with van der Waals surface area (Å²) < 4.78 is 9.80. The standard InChI is InChI=1S/C12H14N2O5.C2H6/c1-18-12(15)9-3-2-4-10(11(9)14(16)17)13-5-7-19-8-6-13;1-2/h2-4H,5-8H2,1H3;1-2H3. The van der Waals surface area contributed by atoms with Gasteiger partial charge in [-0.05, 0) is 12.1 Å². The van der Waals surface area contributed by atoms with E-state index in [2.05, 4.69) is 4.74 Å². The molecule has 116 valence electrons. The van der Waals surface area contributed by atoms with Crippen LogP contribution in [0.4, 0.5) is 11.4 Å². The van der Waals surface area contributed by atoms with E-state index in [1.807, 2.05) is 18.7 Å². The van der Waals surface area contributed by atoms with Gasteiger partial charge in [0.2, 0.25) is 0 Å². The molecule has 0 aromatic heterocycles. The van der Waals surface area contributed by atoms with Crippen LogP contribution in [0.25, 0.3) is 0 Å². The Morgan fingerprint density at radius 1 is 1.33 bits per heavy atom. The highest BCUT2D eigenvalue weighted by Crippen LogP contribution is 2.32. The van der Waals surface area contributed by atoms with E-state index in [0.29, 0.717) is 32.0 Å². The quantitative estimate of drug-likeness (QED) is 0.483. The molecule has 1 aliphatic heterocycles. The topological polar surface area (TPSA) is 81.9 Å². The van der Waals surface area contributed by atoms with Crippen molar-refractivity contribution in [3.8, 4) is 0 Å². The molecule has 0 unspecified atom stereocenters. The van der Waals surface area contributed by atoms with Crippen LogP contribution in [0.3, 0.4) is 0 Å². The van der Waals surface area contributed by atoms with Crippen molar-refractivity contribution in [2.45, 2.75) is 13.8 Å². The lowest BCUT2D eigenvalue weighted by molar-refractivity contribution is -0.384. The van der Waals surface area contributed by atoms with Crippen molar-refractivity contribution < 1.29 is 19.2 Å². The van der Waals surface area contributed by atoms with E-state index < -0.39 is 10.9 Å². The van der Waals surface area contributed by atoms with Gasteiger partial charge < -0.3 is 14.4 Å². The first-order valence-electron chi connectivity index (χ1n) is 6.83. The third kappa shape index (κ3) is 3.91. The average molecular weight is 296 g/mol. The number of para-hydroxylation sites is 1. The molecule has 7 heteroatoms. The molecule has 0 atom stereocenters. The zero-order chi connectivity index (χ0) is 15.8. The number of hydrogen-bond donors (Lipinski definition) is 0. The number of carbonyl (C=O) groups is 1. The molecular weight excluding hydrogens is 276 g/mol. The summed E-state index contributed by atoms with van der Waals surface area (Å²) in [4.78, 5) is 24.1. The Hall–Kier alpha value is -2.15. The number of morpholine rings is 1. The van der Waals surface area contributed by atoms with Crippen LogP contribution < -0.4 is 4.90 Å². The van der Waals surface area contributed by atoms with Crippen molar-refractivity contribution >= 4 is 17.3 Å². The number of nitro groups is 1. The Morgan fingerprint density at radius 3 is 2.48 bits per heavy atom. The van der Waals surface area contributed by atoms with Gasteiger partial charge in [0.1, 0.15) is 11.3 Å². The van der Waals surface area contributed by atoms with Crippen LogP contribution in [-0.4, -0.2) is 44.3 Å². The Labute approximate surface area is 123 Å². The lowest BCUT2D eigenvalue weighted by atomic mass is 10.1. The Kier molecular flexibility index (Phi) is 6.61. The average Bonchev–Trinajstić information content (AvgIpc) is 2.56. The van der Waals surface area contributed by atoms with Crippen molar-refractivity contribution in [1.29, 1.82) is 0 Å². The highest BCUT2D eigenvalue weighted by atomic mass is 16.6. The Morgan fingerprint density at radius 2 is 1.95 bits per heavy atom. The molecule has 7 nitrogen and oxygen atoms in total. The van der Waals surface area contributed by atoms with Crippen molar-refractivity contribution in [1.82, 2.24) is 0 Å². The first kappa shape index (κ1) is 16.9. The normalized spacial score (nSPS) is 14.0. The van der Waals surface area contributed by atoms with E-state index in [9.17, 15) is 14.9 Å². The molecule has 1 saturated heterocycles. The van der Waals surface area contributed by atoms with E-state index in [-0.39, 0.29) is 11.3 Å². The van der Waals surface area contributed by atoms with Gasteiger partial charge in [0.05, 0.1) is 25.2 Å². The molecule has 0 radical (unpaired) electrons. The zero-order valence-corrected chi connectivity index (χ0v) is 12.5. The maximum atomic E-state index is 11.6. The Balaban J connectivity index is 0.00000106. The Bertz CT molecular complexity index is 498. The van der Waals surface area contributed by atoms with Crippen LogP contribution in [0.2, 0.25) is 0 Å². The SMILES string of the molecule is CC.COC(=O)c1cccc(N2CCOCC2)c1[N+](=O)[O-]. The van der Waals surface area contributed by atoms with Crippen LogP contribution in [0.5, 0.6) is 0 Å². The van der Waals surface area contributed by atoms with Crippen LogP contribution in [0, 0.1) is 10.1 Å². The zero-order valence-electron chi connectivity index (χ0n) is 12.5. The lowest BCUT2D eigenvalue weighted by Gasteiger charge is -2.28. The number of methoxy groups -OCH3 is 1. The van der Waals surface area contributed by atoms with Gasteiger partial charge in [-0.15, -0.1) is 0 Å². The highest BCUT2D eigenvalue weighted by molar-refractivity contribution is 5.96. The van der Waals surface area contributed by atoms with Crippen LogP contribution in [0.1, 0.15) is 24.2 Å². The van der Waals surface area contributed by atoms with E-state index in [1.165, 1.54) is 13.2 Å². The van der Waals surface area contributed by atoms with E-state index in [0.717, 1.165) is 0 Å². The first-order chi connectivity index (χ1) is 10.1. The van der Waals surface area contributed by atoms with Gasteiger partial charge in [-0.2, -0.15) is 0 Å². The molecule has 0 spiro atoms. The number of carbonyl (C=O) groups excluding carboxylic acids is 1. The largest absolute Gasteiger partial charge is 0.465 e. The summed E-state index contributed by atoms with van der Waals surface area (Å²) in [7, 11) is 1.20. The molecule has 0 bridgehead atoms. The third-order valence-electron chi connectivity index (χ3n) is 2.95. The molecule has 21 heavy (non-hydrogen) atoms. The van der Waals surface area contributed by atoms with Crippen molar-refractivity contribution in [3.05, 3.63) is 33.9 Å². The predicted molar refractivity (Wildman–Crippen MR) is 78.8 cm³/mol. The summed E-state index contributed by atoms with van der Waals surface area (Å²) in [6.07, 6.45) is 0. The van der Waals surface area contributed by atoms with Crippen LogP contribution in [-0.2, 0) is 9.47 Å². The number of benzene rings is 1. The predicted octanol–water partition coefficient (Wildman–Crippen LogP) is 2.24. The number of esters is 1. The maximum Gasteiger partial charge on any atom is 0.344 e. The fourth-order valence-electron chi connectivity index (χ4n) is 2.06. The summed E-state index contributed by atoms with van der Waals surface area (Å²) >= 11 is 0. The number of ether oxygens (including phenoxy) is 2. The van der Waals surface area contributed by atoms with E-state index >= 15 is 0 Å². The summed E-state index contributed by atoms with van der Waals surface area (Å²) in [5.41, 5.74) is 0.184. The number of nitro benzene ring substituents is 1. The summed E-state index contributed by atoms with van der Waals surface area (Å²) in [6, 6.07) is 4.65. The molecule has 1 fully saturated rings. The second kappa shape index (κ2) is 8.21. The fourth-order valence-corrected chi connectivity index (χ4v) is 2.06. The summed E-state index contributed by atoms with van der Waals surface area (Å²) in [6.45, 7) is 6.15. The van der Waals surface area contributed by atoms with Gasteiger partial charge >= 0.3 is 11.7 Å². The third-order valence-corrected chi connectivity index (χ3v) is 2.95. The fraction of sp³-hybridized carbons (Fsp3) is 0.500. The molecule has 1 aliphatic rings.